The molecule has 0 fully saturated rings. The van der Waals surface area contributed by atoms with Crippen molar-refractivity contribution in [3.05, 3.63) is 0 Å². The molecule has 6 heteroatoms. The fourth-order valence-electron chi connectivity index (χ4n) is 6.90. The summed E-state index contributed by atoms with van der Waals surface area (Å²) in [5, 5.41) is 0. The van der Waals surface area contributed by atoms with Crippen molar-refractivity contribution in [1.29, 1.82) is 0 Å². The molecule has 0 bridgehead atoms. The van der Waals surface area contributed by atoms with E-state index in [9.17, 15) is 14.4 Å². The molecule has 0 saturated heterocycles. The molecule has 0 radical (unpaired) electrons. The minimum Gasteiger partial charge on any atom is -0.462 e. The van der Waals surface area contributed by atoms with E-state index in [4.69, 9.17) is 14.2 Å². The highest BCUT2D eigenvalue weighted by Crippen LogP contribution is 2.17. The molecule has 0 aromatic carbocycles. The molecule has 6 nitrogen and oxygen atoms in total. The smallest absolute Gasteiger partial charge is 0.306 e. The lowest BCUT2D eigenvalue weighted by molar-refractivity contribution is -0.167. The molecule has 0 aromatic rings. The lowest BCUT2D eigenvalue weighted by Gasteiger charge is -2.18. The molecule has 0 N–H and O–H groups in total. The van der Waals surface area contributed by atoms with Gasteiger partial charge in [-0.05, 0) is 31.1 Å². The molecular formula is C47H90O6. The third-order valence-electron chi connectivity index (χ3n) is 10.8. The maximum atomic E-state index is 12.7. The highest BCUT2D eigenvalue weighted by atomic mass is 16.6. The first-order chi connectivity index (χ1) is 25.8. The monoisotopic (exact) mass is 751 g/mol. The quantitative estimate of drug-likeness (QED) is 0.0352. The average molecular weight is 751 g/mol. The fourth-order valence-corrected chi connectivity index (χ4v) is 6.90. The third-order valence-corrected chi connectivity index (χ3v) is 10.8. The van der Waals surface area contributed by atoms with Gasteiger partial charge in [0.05, 0.1) is 0 Å². The molecule has 0 aromatic heterocycles. The molecule has 0 aliphatic heterocycles. The first kappa shape index (κ1) is 51.4. The van der Waals surface area contributed by atoms with E-state index in [-0.39, 0.29) is 31.1 Å². The second-order valence-corrected chi connectivity index (χ2v) is 16.8. The summed E-state index contributed by atoms with van der Waals surface area (Å²) in [4.78, 5) is 37.6. The van der Waals surface area contributed by atoms with Gasteiger partial charge in [0.2, 0.25) is 0 Å². The van der Waals surface area contributed by atoms with Crippen molar-refractivity contribution >= 4 is 17.9 Å². The van der Waals surface area contributed by atoms with E-state index in [1.165, 1.54) is 141 Å². The zero-order chi connectivity index (χ0) is 39.0. The predicted octanol–water partition coefficient (Wildman–Crippen LogP) is 14.6. The summed E-state index contributed by atoms with van der Waals surface area (Å²) < 4.78 is 16.7. The number of carbonyl (C=O) groups is 3. The maximum Gasteiger partial charge on any atom is 0.306 e. The van der Waals surface area contributed by atoms with Crippen LogP contribution in [0, 0.1) is 11.8 Å². The maximum absolute atomic E-state index is 12.7. The summed E-state index contributed by atoms with van der Waals surface area (Å²) in [6, 6.07) is 0. The van der Waals surface area contributed by atoms with Gasteiger partial charge in [0.25, 0.3) is 0 Å². The Balaban J connectivity index is 4.19. The Kier molecular flexibility index (Phi) is 38.9. The van der Waals surface area contributed by atoms with Crippen LogP contribution in [-0.4, -0.2) is 37.2 Å². The van der Waals surface area contributed by atoms with Crippen LogP contribution < -0.4 is 0 Å². The van der Waals surface area contributed by atoms with Crippen LogP contribution in [0.15, 0.2) is 0 Å². The van der Waals surface area contributed by atoms with Crippen LogP contribution in [0.4, 0.5) is 0 Å². The fraction of sp³-hybridized carbons (Fsp3) is 0.936. The molecule has 2 atom stereocenters. The normalized spacial score (nSPS) is 12.6. The van der Waals surface area contributed by atoms with Crippen LogP contribution in [0.5, 0.6) is 0 Å². The summed E-state index contributed by atoms with van der Waals surface area (Å²) in [7, 11) is 0. The van der Waals surface area contributed by atoms with Crippen LogP contribution in [0.3, 0.4) is 0 Å². The van der Waals surface area contributed by atoms with Crippen molar-refractivity contribution in [1.82, 2.24) is 0 Å². The van der Waals surface area contributed by atoms with Crippen LogP contribution in [-0.2, 0) is 28.6 Å². The Hall–Kier alpha value is -1.59. The van der Waals surface area contributed by atoms with E-state index < -0.39 is 6.10 Å². The zero-order valence-electron chi connectivity index (χ0n) is 36.1. The summed E-state index contributed by atoms with van der Waals surface area (Å²) in [5.41, 5.74) is 0. The predicted molar refractivity (Wildman–Crippen MR) is 224 cm³/mol. The Morgan fingerprint density at radius 1 is 0.396 bits per heavy atom. The number of ether oxygens (including phenoxy) is 3. The summed E-state index contributed by atoms with van der Waals surface area (Å²) in [5.74, 6) is 0.808. The molecule has 0 spiro atoms. The van der Waals surface area contributed by atoms with Gasteiger partial charge in [-0.2, -0.15) is 0 Å². The van der Waals surface area contributed by atoms with E-state index in [0.717, 1.165) is 69.6 Å². The Labute approximate surface area is 329 Å². The molecule has 53 heavy (non-hydrogen) atoms. The number of unbranched alkanes of at least 4 members (excludes halogenated alkanes) is 25. The molecule has 1 unspecified atom stereocenters. The molecule has 0 heterocycles. The topological polar surface area (TPSA) is 78.9 Å². The van der Waals surface area contributed by atoms with Crippen molar-refractivity contribution in [2.75, 3.05) is 13.2 Å². The first-order valence-corrected chi connectivity index (χ1v) is 23.3. The van der Waals surface area contributed by atoms with Crippen LogP contribution in [0.1, 0.15) is 253 Å². The lowest BCUT2D eigenvalue weighted by atomic mass is 9.99. The Morgan fingerprint density at radius 3 is 1.08 bits per heavy atom. The molecule has 0 saturated carbocycles. The van der Waals surface area contributed by atoms with Gasteiger partial charge in [-0.15, -0.1) is 0 Å². The second kappa shape index (κ2) is 40.1. The summed E-state index contributed by atoms with van der Waals surface area (Å²) in [6.45, 7) is 11.3. The van der Waals surface area contributed by atoms with E-state index >= 15 is 0 Å². The minimum absolute atomic E-state index is 0.0656. The van der Waals surface area contributed by atoms with Gasteiger partial charge < -0.3 is 14.2 Å². The van der Waals surface area contributed by atoms with Crippen molar-refractivity contribution in [3.63, 3.8) is 0 Å². The van der Waals surface area contributed by atoms with Crippen molar-refractivity contribution in [3.8, 4) is 0 Å². The van der Waals surface area contributed by atoms with Gasteiger partial charge in [-0.1, -0.05) is 214 Å². The van der Waals surface area contributed by atoms with E-state index in [1.54, 1.807) is 0 Å². The molecule has 0 aliphatic carbocycles. The number of esters is 3. The van der Waals surface area contributed by atoms with Gasteiger partial charge >= 0.3 is 17.9 Å². The van der Waals surface area contributed by atoms with Crippen molar-refractivity contribution in [2.45, 2.75) is 259 Å². The Morgan fingerprint density at radius 2 is 0.717 bits per heavy atom. The molecule has 0 rings (SSSR count). The van der Waals surface area contributed by atoms with Gasteiger partial charge in [-0.3, -0.25) is 14.4 Å². The molecular weight excluding hydrogens is 661 g/mol. The number of hydrogen-bond acceptors (Lipinski definition) is 6. The van der Waals surface area contributed by atoms with E-state index in [2.05, 4.69) is 34.6 Å². The van der Waals surface area contributed by atoms with Gasteiger partial charge in [-0.25, -0.2) is 0 Å². The number of carbonyl (C=O) groups excluding carboxylic acids is 3. The molecule has 0 amide bonds. The molecule has 0 aliphatic rings. The molecule has 314 valence electrons. The van der Waals surface area contributed by atoms with E-state index in [1.807, 2.05) is 0 Å². The van der Waals surface area contributed by atoms with Crippen LogP contribution in [0.25, 0.3) is 0 Å². The summed E-state index contributed by atoms with van der Waals surface area (Å²) >= 11 is 0. The average Bonchev–Trinajstić information content (AvgIpc) is 3.14. The third kappa shape index (κ3) is 39.9. The SMILES string of the molecule is CCCCCCCCCC(=O)OC[C@H](COC(=O)CCCCCCCCCCCCCCCCC(C)CC)OC(=O)CCCCCCCCCC(C)C. The largest absolute Gasteiger partial charge is 0.462 e. The van der Waals surface area contributed by atoms with Crippen molar-refractivity contribution in [2.24, 2.45) is 11.8 Å². The first-order valence-electron chi connectivity index (χ1n) is 23.3. The zero-order valence-corrected chi connectivity index (χ0v) is 36.1. The summed E-state index contributed by atoms with van der Waals surface area (Å²) in [6.07, 6.45) is 38.2. The Bertz CT molecular complexity index is 811. The second-order valence-electron chi connectivity index (χ2n) is 16.8. The van der Waals surface area contributed by atoms with Crippen LogP contribution >= 0.6 is 0 Å². The minimum atomic E-state index is -0.759. The van der Waals surface area contributed by atoms with E-state index in [0.29, 0.717) is 19.3 Å². The highest BCUT2D eigenvalue weighted by molar-refractivity contribution is 5.71. The van der Waals surface area contributed by atoms with Crippen molar-refractivity contribution < 1.29 is 28.6 Å². The van der Waals surface area contributed by atoms with Gasteiger partial charge in [0.1, 0.15) is 13.2 Å². The lowest BCUT2D eigenvalue weighted by Crippen LogP contribution is -2.30. The van der Waals surface area contributed by atoms with Gasteiger partial charge in [0, 0.05) is 19.3 Å². The van der Waals surface area contributed by atoms with Gasteiger partial charge in [0.15, 0.2) is 6.10 Å². The van der Waals surface area contributed by atoms with Crippen LogP contribution in [0.2, 0.25) is 0 Å². The standard InChI is InChI=1S/C47H90O6/c1-6-8-9-10-20-27-32-37-45(48)51-40-44(53-47(50)39-34-29-24-19-21-25-30-35-42(3)4)41-52-46(49)38-33-28-23-18-16-14-12-11-13-15-17-22-26-31-36-43(5)7-2/h42-44H,6-41H2,1-5H3/t43?,44-/m1/s1. The number of rotatable bonds is 41. The number of hydrogen-bond donors (Lipinski definition) is 0. The highest BCUT2D eigenvalue weighted by Gasteiger charge is 2.19.